The van der Waals surface area contributed by atoms with E-state index in [1.165, 1.54) is 43.4 Å². The number of methoxy groups -OCH3 is 2. The van der Waals surface area contributed by atoms with Crippen molar-refractivity contribution in [3.05, 3.63) is 69.3 Å². The first-order valence-electron chi connectivity index (χ1n) is 13.7. The number of rotatable bonds is 15. The highest BCUT2D eigenvalue weighted by Gasteiger charge is 2.47. The second-order valence-corrected chi connectivity index (χ2v) is 9.81. The first kappa shape index (κ1) is 30.6. The lowest BCUT2D eigenvalue weighted by molar-refractivity contribution is -0.384. The van der Waals surface area contributed by atoms with Crippen LogP contribution in [-0.4, -0.2) is 71.9 Å². The van der Waals surface area contributed by atoms with E-state index in [9.17, 15) is 24.8 Å². The minimum absolute atomic E-state index is 0.0979. The SMILES string of the molecule is CCCCN(CCCC)CCCN1C(=O)C(=O)C(=C(O)c2ccc([N+](=O)[O-])cc2)[C@@H]1c1cc(OC)ccc1OC. The number of nitro groups is 1. The molecule has 1 atom stereocenters. The van der Waals surface area contributed by atoms with Gasteiger partial charge in [0, 0.05) is 29.8 Å². The standard InChI is InChI=1S/C30H39N3O7/c1-5-7-16-31(17-8-6-2)18-9-19-32-27(24-20-23(39-3)14-15-25(24)40-4)26(29(35)30(32)36)28(34)21-10-12-22(13-11-21)33(37)38/h10-15,20,27,34H,5-9,16-19H2,1-4H3/t27-/m0/s1. The van der Waals surface area contributed by atoms with Gasteiger partial charge >= 0.3 is 0 Å². The molecule has 10 heteroatoms. The summed E-state index contributed by atoms with van der Waals surface area (Å²) >= 11 is 0. The third kappa shape index (κ3) is 6.98. The number of Topliss-reactive ketones (excluding diaryl/α,β-unsaturated/α-hetero) is 1. The molecule has 0 spiro atoms. The summed E-state index contributed by atoms with van der Waals surface area (Å²) in [5.74, 6) is -1.01. The van der Waals surface area contributed by atoms with Gasteiger partial charge < -0.3 is 24.4 Å². The molecule has 0 aromatic heterocycles. The zero-order chi connectivity index (χ0) is 29.2. The second kappa shape index (κ2) is 14.5. The molecule has 10 nitrogen and oxygen atoms in total. The highest BCUT2D eigenvalue weighted by molar-refractivity contribution is 6.46. The number of aliphatic hydroxyl groups is 1. The van der Waals surface area contributed by atoms with Crippen LogP contribution in [-0.2, 0) is 9.59 Å². The summed E-state index contributed by atoms with van der Waals surface area (Å²) in [5.41, 5.74) is 0.442. The zero-order valence-corrected chi connectivity index (χ0v) is 23.7. The molecule has 1 heterocycles. The van der Waals surface area contributed by atoms with E-state index in [0.717, 1.165) is 45.3 Å². The molecule has 0 radical (unpaired) electrons. The molecule has 1 fully saturated rings. The summed E-state index contributed by atoms with van der Waals surface area (Å²) in [6.45, 7) is 7.33. The fraction of sp³-hybridized carbons (Fsp3) is 0.467. The van der Waals surface area contributed by atoms with Crippen LogP contribution in [0.1, 0.15) is 63.1 Å². The summed E-state index contributed by atoms with van der Waals surface area (Å²) in [6.07, 6.45) is 5.00. The number of carbonyl (C=O) groups is 2. The van der Waals surface area contributed by atoms with E-state index in [2.05, 4.69) is 18.7 Å². The number of nitro benzene ring substituents is 1. The van der Waals surface area contributed by atoms with Crippen molar-refractivity contribution in [2.24, 2.45) is 0 Å². The topological polar surface area (TPSA) is 122 Å². The van der Waals surface area contributed by atoms with Crippen molar-refractivity contribution in [3.8, 4) is 11.5 Å². The number of unbranched alkanes of at least 4 members (excludes halogenated alkanes) is 2. The van der Waals surface area contributed by atoms with Crippen molar-refractivity contribution in [1.82, 2.24) is 9.80 Å². The van der Waals surface area contributed by atoms with Crippen molar-refractivity contribution >= 4 is 23.1 Å². The normalized spacial score (nSPS) is 16.5. The molecule has 1 saturated heterocycles. The quantitative estimate of drug-likeness (QED) is 0.103. The summed E-state index contributed by atoms with van der Waals surface area (Å²) in [4.78, 5) is 41.3. The van der Waals surface area contributed by atoms with Gasteiger partial charge in [-0.05, 0) is 69.2 Å². The van der Waals surface area contributed by atoms with Crippen LogP contribution in [0.5, 0.6) is 11.5 Å². The van der Waals surface area contributed by atoms with Gasteiger partial charge in [0.25, 0.3) is 17.4 Å². The maximum Gasteiger partial charge on any atom is 0.295 e. The Labute approximate surface area is 235 Å². The lowest BCUT2D eigenvalue weighted by Gasteiger charge is -2.28. The lowest BCUT2D eigenvalue weighted by Crippen LogP contribution is -2.34. The van der Waals surface area contributed by atoms with Gasteiger partial charge in [0.1, 0.15) is 17.3 Å². The number of ether oxygens (including phenoxy) is 2. The number of hydrogen-bond acceptors (Lipinski definition) is 8. The van der Waals surface area contributed by atoms with Crippen LogP contribution in [0.15, 0.2) is 48.0 Å². The Morgan fingerprint density at radius 2 is 1.60 bits per heavy atom. The first-order chi connectivity index (χ1) is 19.3. The molecule has 1 aliphatic heterocycles. The Hall–Kier alpha value is -3.92. The molecule has 0 unspecified atom stereocenters. The minimum Gasteiger partial charge on any atom is -0.507 e. The first-order valence-corrected chi connectivity index (χ1v) is 13.7. The average molecular weight is 554 g/mol. The van der Waals surface area contributed by atoms with E-state index in [0.29, 0.717) is 30.0 Å². The molecule has 2 aromatic carbocycles. The number of nitrogens with zero attached hydrogens (tertiary/aromatic N) is 3. The largest absolute Gasteiger partial charge is 0.507 e. The molecule has 0 bridgehead atoms. The van der Waals surface area contributed by atoms with Gasteiger partial charge in [0.05, 0.1) is 30.8 Å². The number of non-ortho nitro benzene ring substituents is 1. The number of carbonyl (C=O) groups excluding carboxylic acids is 2. The highest BCUT2D eigenvalue weighted by Crippen LogP contribution is 2.44. The smallest absolute Gasteiger partial charge is 0.295 e. The Morgan fingerprint density at radius 1 is 0.975 bits per heavy atom. The minimum atomic E-state index is -0.931. The molecule has 0 aliphatic carbocycles. The lowest BCUT2D eigenvalue weighted by atomic mass is 9.94. The molecule has 1 aliphatic rings. The molecule has 2 aromatic rings. The predicted octanol–water partition coefficient (Wildman–Crippen LogP) is 5.33. The van der Waals surface area contributed by atoms with E-state index < -0.39 is 28.4 Å². The monoisotopic (exact) mass is 553 g/mol. The third-order valence-electron chi connectivity index (χ3n) is 7.15. The van der Waals surface area contributed by atoms with E-state index in [1.807, 2.05) is 0 Å². The molecule has 1 amide bonds. The maximum atomic E-state index is 13.4. The number of benzene rings is 2. The van der Waals surface area contributed by atoms with Crippen LogP contribution in [0, 0.1) is 10.1 Å². The summed E-state index contributed by atoms with van der Waals surface area (Å²) in [5, 5.41) is 22.4. The van der Waals surface area contributed by atoms with Gasteiger partial charge in [0.15, 0.2) is 0 Å². The van der Waals surface area contributed by atoms with E-state index in [1.54, 1.807) is 18.2 Å². The maximum absolute atomic E-state index is 13.4. The molecule has 1 N–H and O–H groups in total. The summed E-state index contributed by atoms with van der Waals surface area (Å²) in [7, 11) is 3.01. The van der Waals surface area contributed by atoms with Gasteiger partial charge in [-0.15, -0.1) is 0 Å². The van der Waals surface area contributed by atoms with E-state index in [4.69, 9.17) is 9.47 Å². The van der Waals surface area contributed by atoms with Gasteiger partial charge in [-0.25, -0.2) is 0 Å². The van der Waals surface area contributed by atoms with Gasteiger partial charge in [-0.2, -0.15) is 0 Å². The van der Waals surface area contributed by atoms with Crippen molar-refractivity contribution < 1.29 is 29.1 Å². The summed E-state index contributed by atoms with van der Waals surface area (Å²) < 4.78 is 11.0. The van der Waals surface area contributed by atoms with Crippen LogP contribution in [0.2, 0.25) is 0 Å². The van der Waals surface area contributed by atoms with Gasteiger partial charge in [0.2, 0.25) is 0 Å². The number of likely N-dealkylation sites (tertiary alicyclic amines) is 1. The van der Waals surface area contributed by atoms with Crippen molar-refractivity contribution in [1.29, 1.82) is 0 Å². The number of ketones is 1. The Bertz CT molecular complexity index is 1220. The molecule has 40 heavy (non-hydrogen) atoms. The van der Waals surface area contributed by atoms with Gasteiger partial charge in [-0.1, -0.05) is 26.7 Å². The van der Waals surface area contributed by atoms with Gasteiger partial charge in [-0.3, -0.25) is 19.7 Å². The van der Waals surface area contributed by atoms with E-state index >= 15 is 0 Å². The number of hydrogen-bond donors (Lipinski definition) is 1. The molecular formula is C30H39N3O7. The van der Waals surface area contributed by atoms with Crippen molar-refractivity contribution in [3.63, 3.8) is 0 Å². The molecule has 216 valence electrons. The summed E-state index contributed by atoms with van der Waals surface area (Å²) in [6, 6.07) is 9.38. The van der Waals surface area contributed by atoms with Crippen LogP contribution >= 0.6 is 0 Å². The third-order valence-corrected chi connectivity index (χ3v) is 7.15. The molecule has 0 saturated carbocycles. The van der Waals surface area contributed by atoms with Crippen LogP contribution in [0.4, 0.5) is 5.69 Å². The van der Waals surface area contributed by atoms with Crippen LogP contribution in [0.3, 0.4) is 0 Å². The molecular weight excluding hydrogens is 514 g/mol. The highest BCUT2D eigenvalue weighted by atomic mass is 16.6. The number of amides is 1. The zero-order valence-electron chi connectivity index (χ0n) is 23.7. The molecule has 3 rings (SSSR count). The Morgan fingerprint density at radius 3 is 2.15 bits per heavy atom. The van der Waals surface area contributed by atoms with Crippen molar-refractivity contribution in [2.75, 3.05) is 40.4 Å². The second-order valence-electron chi connectivity index (χ2n) is 9.81. The Balaban J connectivity index is 2.04. The average Bonchev–Trinajstić information content (AvgIpc) is 3.22. The van der Waals surface area contributed by atoms with Crippen LogP contribution in [0.25, 0.3) is 5.76 Å². The predicted molar refractivity (Wildman–Crippen MR) is 153 cm³/mol. The number of aliphatic hydroxyl groups excluding tert-OH is 1. The van der Waals surface area contributed by atoms with Crippen molar-refractivity contribution in [2.45, 2.75) is 52.0 Å². The van der Waals surface area contributed by atoms with Crippen LogP contribution < -0.4 is 9.47 Å². The van der Waals surface area contributed by atoms with E-state index in [-0.39, 0.29) is 16.8 Å². The Kier molecular flexibility index (Phi) is 11.1. The fourth-order valence-electron chi connectivity index (χ4n) is 4.95. The fourth-order valence-corrected chi connectivity index (χ4v) is 4.95.